The van der Waals surface area contributed by atoms with Crippen molar-refractivity contribution in [2.75, 3.05) is 0 Å². The molecule has 0 aliphatic heterocycles. The lowest BCUT2D eigenvalue weighted by molar-refractivity contribution is 0.614. The molecule has 0 unspecified atom stereocenters. The molecule has 0 atom stereocenters. The minimum absolute atomic E-state index is 1.24. The van der Waals surface area contributed by atoms with Gasteiger partial charge in [0.15, 0.2) is 0 Å². The fourth-order valence-electron chi connectivity index (χ4n) is 2.93. The Morgan fingerprint density at radius 1 is 1.00 bits per heavy atom. The topological polar surface area (TPSA) is 15.8 Å². The maximum Gasteiger partial charge on any atom is 0.0488 e. The molecule has 2 aromatic rings. The van der Waals surface area contributed by atoms with E-state index in [-0.39, 0.29) is 0 Å². The number of benzene rings is 1. The number of H-pyrrole nitrogens is 1. The molecule has 16 heavy (non-hydrogen) atoms. The standard InChI is InChI=1S/C15H19N/c1-11-7-6-9-13-12-8-4-2-3-5-10-14(12)16-15(11)13/h6-7,9,16H,2-5,8,10H2,1H3. The Bertz CT molecular complexity index is 507. The van der Waals surface area contributed by atoms with E-state index in [1.165, 1.54) is 60.7 Å². The third-order valence-electron chi connectivity index (χ3n) is 3.84. The quantitative estimate of drug-likeness (QED) is 0.677. The van der Waals surface area contributed by atoms with Gasteiger partial charge in [-0.15, -0.1) is 0 Å². The van der Waals surface area contributed by atoms with Gasteiger partial charge in [0.1, 0.15) is 0 Å². The predicted octanol–water partition coefficient (Wildman–Crippen LogP) is 4.14. The van der Waals surface area contributed by atoms with Crippen molar-refractivity contribution in [1.82, 2.24) is 4.98 Å². The fourth-order valence-corrected chi connectivity index (χ4v) is 2.93. The number of aromatic nitrogens is 1. The van der Waals surface area contributed by atoms with Gasteiger partial charge in [-0.05, 0) is 43.7 Å². The second kappa shape index (κ2) is 3.97. The summed E-state index contributed by atoms with van der Waals surface area (Å²) in [7, 11) is 0. The highest BCUT2D eigenvalue weighted by Crippen LogP contribution is 2.29. The first-order valence-corrected chi connectivity index (χ1v) is 6.45. The zero-order chi connectivity index (χ0) is 11.0. The van der Waals surface area contributed by atoms with Crippen molar-refractivity contribution in [3.63, 3.8) is 0 Å². The van der Waals surface area contributed by atoms with Gasteiger partial charge >= 0.3 is 0 Å². The average molecular weight is 213 g/mol. The van der Waals surface area contributed by atoms with E-state index >= 15 is 0 Å². The highest BCUT2D eigenvalue weighted by molar-refractivity contribution is 5.87. The monoisotopic (exact) mass is 213 g/mol. The van der Waals surface area contributed by atoms with Crippen LogP contribution in [-0.4, -0.2) is 4.98 Å². The first-order chi connectivity index (χ1) is 7.86. The van der Waals surface area contributed by atoms with Crippen LogP contribution in [0.2, 0.25) is 0 Å². The fraction of sp³-hybridized carbons (Fsp3) is 0.467. The largest absolute Gasteiger partial charge is 0.358 e. The van der Waals surface area contributed by atoms with Crippen LogP contribution in [-0.2, 0) is 12.8 Å². The van der Waals surface area contributed by atoms with Gasteiger partial charge in [-0.3, -0.25) is 0 Å². The summed E-state index contributed by atoms with van der Waals surface area (Å²) in [5.41, 5.74) is 5.85. The molecule has 0 spiro atoms. The summed E-state index contributed by atoms with van der Waals surface area (Å²) >= 11 is 0. The number of aromatic amines is 1. The van der Waals surface area contributed by atoms with E-state index in [1.54, 1.807) is 5.56 Å². The molecule has 0 saturated carbocycles. The summed E-state index contributed by atoms with van der Waals surface area (Å²) in [5.74, 6) is 0. The van der Waals surface area contributed by atoms with Crippen LogP contribution in [0.15, 0.2) is 18.2 Å². The van der Waals surface area contributed by atoms with E-state index in [0.717, 1.165) is 0 Å². The Hall–Kier alpha value is -1.24. The lowest BCUT2D eigenvalue weighted by Gasteiger charge is -2.09. The number of nitrogens with one attached hydrogen (secondary N) is 1. The minimum Gasteiger partial charge on any atom is -0.358 e. The molecule has 0 radical (unpaired) electrons. The Labute approximate surface area is 96.9 Å². The Balaban J connectivity index is 2.20. The first-order valence-electron chi connectivity index (χ1n) is 6.45. The van der Waals surface area contributed by atoms with E-state index in [9.17, 15) is 0 Å². The van der Waals surface area contributed by atoms with Crippen molar-refractivity contribution in [3.05, 3.63) is 35.0 Å². The van der Waals surface area contributed by atoms with Crippen LogP contribution in [0.1, 0.15) is 42.5 Å². The summed E-state index contributed by atoms with van der Waals surface area (Å²) in [5, 5.41) is 1.47. The van der Waals surface area contributed by atoms with E-state index in [4.69, 9.17) is 0 Å². The van der Waals surface area contributed by atoms with E-state index in [1.807, 2.05) is 0 Å². The molecule has 3 rings (SSSR count). The van der Waals surface area contributed by atoms with Gasteiger partial charge < -0.3 is 4.98 Å². The summed E-state index contributed by atoms with van der Waals surface area (Å²) < 4.78 is 0. The number of para-hydroxylation sites is 1. The van der Waals surface area contributed by atoms with Crippen molar-refractivity contribution < 1.29 is 0 Å². The summed E-state index contributed by atoms with van der Waals surface area (Å²) in [6, 6.07) is 6.66. The molecule has 1 aliphatic rings. The molecule has 0 saturated heterocycles. The molecular weight excluding hydrogens is 194 g/mol. The van der Waals surface area contributed by atoms with Crippen LogP contribution in [0, 0.1) is 6.92 Å². The first kappa shape index (κ1) is 9.95. The smallest absolute Gasteiger partial charge is 0.0488 e. The number of fused-ring (bicyclic) bond motifs is 3. The predicted molar refractivity (Wildman–Crippen MR) is 68.9 cm³/mol. The molecule has 0 fully saturated rings. The summed E-state index contributed by atoms with van der Waals surface area (Å²) in [6.07, 6.45) is 8.00. The van der Waals surface area contributed by atoms with Crippen LogP contribution in [0.5, 0.6) is 0 Å². The number of hydrogen-bond donors (Lipinski definition) is 1. The second-order valence-electron chi connectivity index (χ2n) is 4.99. The third-order valence-corrected chi connectivity index (χ3v) is 3.84. The molecule has 1 heteroatoms. The van der Waals surface area contributed by atoms with Crippen molar-refractivity contribution in [1.29, 1.82) is 0 Å². The highest BCUT2D eigenvalue weighted by Gasteiger charge is 2.13. The summed E-state index contributed by atoms with van der Waals surface area (Å²) in [4.78, 5) is 3.65. The molecule has 84 valence electrons. The van der Waals surface area contributed by atoms with E-state index in [0.29, 0.717) is 0 Å². The Morgan fingerprint density at radius 3 is 2.69 bits per heavy atom. The van der Waals surface area contributed by atoms with Crippen molar-refractivity contribution in [2.45, 2.75) is 45.4 Å². The van der Waals surface area contributed by atoms with Gasteiger partial charge in [-0.25, -0.2) is 0 Å². The Kier molecular flexibility index (Phi) is 2.47. The minimum atomic E-state index is 1.24. The normalized spacial score (nSPS) is 16.8. The molecule has 1 heterocycles. The molecule has 1 nitrogen and oxygen atoms in total. The van der Waals surface area contributed by atoms with E-state index in [2.05, 4.69) is 30.1 Å². The van der Waals surface area contributed by atoms with Gasteiger partial charge in [-0.2, -0.15) is 0 Å². The average Bonchev–Trinajstić information content (AvgIpc) is 2.57. The summed E-state index contributed by atoms with van der Waals surface area (Å²) in [6.45, 7) is 2.20. The molecule has 1 N–H and O–H groups in total. The number of hydrogen-bond acceptors (Lipinski definition) is 0. The van der Waals surface area contributed by atoms with Gasteiger partial charge in [0, 0.05) is 16.6 Å². The maximum atomic E-state index is 3.65. The van der Waals surface area contributed by atoms with Gasteiger partial charge in [-0.1, -0.05) is 31.0 Å². The second-order valence-corrected chi connectivity index (χ2v) is 4.99. The number of aryl methyl sites for hydroxylation is 3. The van der Waals surface area contributed by atoms with Crippen LogP contribution < -0.4 is 0 Å². The van der Waals surface area contributed by atoms with Crippen molar-refractivity contribution in [3.8, 4) is 0 Å². The third kappa shape index (κ3) is 1.55. The Morgan fingerprint density at radius 2 is 1.81 bits per heavy atom. The maximum absolute atomic E-state index is 3.65. The molecule has 1 aliphatic carbocycles. The van der Waals surface area contributed by atoms with E-state index < -0.39 is 0 Å². The van der Waals surface area contributed by atoms with Crippen LogP contribution in [0.4, 0.5) is 0 Å². The number of rotatable bonds is 0. The zero-order valence-electron chi connectivity index (χ0n) is 9.97. The van der Waals surface area contributed by atoms with Gasteiger partial charge in [0.05, 0.1) is 0 Å². The molecule has 0 bridgehead atoms. The van der Waals surface area contributed by atoms with Crippen LogP contribution >= 0.6 is 0 Å². The lowest BCUT2D eigenvalue weighted by atomic mass is 9.96. The molecule has 0 amide bonds. The SMILES string of the molecule is Cc1cccc2c3c([nH]c12)CCCCCC3. The molecule has 1 aromatic carbocycles. The van der Waals surface area contributed by atoms with Crippen LogP contribution in [0.3, 0.4) is 0 Å². The molecular formula is C15H19N. The highest BCUT2D eigenvalue weighted by atomic mass is 14.7. The molecule has 1 aromatic heterocycles. The zero-order valence-corrected chi connectivity index (χ0v) is 9.97. The van der Waals surface area contributed by atoms with Gasteiger partial charge in [0.2, 0.25) is 0 Å². The van der Waals surface area contributed by atoms with Gasteiger partial charge in [0.25, 0.3) is 0 Å². The van der Waals surface area contributed by atoms with Crippen molar-refractivity contribution >= 4 is 10.9 Å². The van der Waals surface area contributed by atoms with Crippen LogP contribution in [0.25, 0.3) is 10.9 Å². The van der Waals surface area contributed by atoms with Crippen molar-refractivity contribution in [2.24, 2.45) is 0 Å². The lowest BCUT2D eigenvalue weighted by Crippen LogP contribution is -1.97.